The molecule has 12 heteroatoms. The molecule has 7 nitrogen and oxygen atoms in total. The lowest BCUT2D eigenvalue weighted by atomic mass is 9.88. The van der Waals surface area contributed by atoms with Crippen molar-refractivity contribution in [1.29, 1.82) is 0 Å². The summed E-state index contributed by atoms with van der Waals surface area (Å²) in [4.78, 5) is 37.8. The molecule has 0 saturated heterocycles. The van der Waals surface area contributed by atoms with Crippen LogP contribution in [-0.2, 0) is 19.1 Å². The predicted octanol–water partition coefficient (Wildman–Crippen LogP) is 6.74. The molecule has 1 N–H and O–H groups in total. The number of rotatable bonds is 7. The molecule has 0 saturated carbocycles. The molecule has 0 spiro atoms. The molecule has 3 atom stereocenters. The zero-order valence-corrected chi connectivity index (χ0v) is 26.0. The van der Waals surface area contributed by atoms with E-state index in [4.69, 9.17) is 9.47 Å². The van der Waals surface area contributed by atoms with Crippen LogP contribution in [0, 0.1) is 11.3 Å². The van der Waals surface area contributed by atoms with Gasteiger partial charge in [-0.2, -0.15) is 13.2 Å². The SMILES string of the molecule is CC(C)(C)OC(=O)NCC(C[C@@H]1C=C[C@@H](COC(=O)C(C)(C)C)CN1C(=O)C(F)(F)F)c1c(Br)cccc1Br. The van der Waals surface area contributed by atoms with Crippen LogP contribution < -0.4 is 5.32 Å². The Kier molecular flexibility index (Phi) is 11.1. The number of esters is 1. The van der Waals surface area contributed by atoms with Crippen LogP contribution in [0.3, 0.4) is 0 Å². The summed E-state index contributed by atoms with van der Waals surface area (Å²) in [5, 5.41) is 2.70. The number of ether oxygens (including phenoxy) is 2. The maximum Gasteiger partial charge on any atom is 0.471 e. The van der Waals surface area contributed by atoms with Crippen LogP contribution in [0.4, 0.5) is 18.0 Å². The lowest BCUT2D eigenvalue weighted by molar-refractivity contribution is -0.188. The van der Waals surface area contributed by atoms with Crippen LogP contribution in [-0.4, -0.2) is 60.4 Å². The van der Waals surface area contributed by atoms with Crippen LogP contribution >= 0.6 is 31.9 Å². The zero-order valence-electron chi connectivity index (χ0n) is 22.8. The number of nitrogens with one attached hydrogen (secondary N) is 1. The van der Waals surface area contributed by atoms with E-state index in [1.165, 1.54) is 6.08 Å². The zero-order chi connectivity index (χ0) is 29.8. The lowest BCUT2D eigenvalue weighted by Crippen LogP contribution is -2.51. The fraction of sp³-hybridized carbons (Fsp3) is 0.593. The molecule has 39 heavy (non-hydrogen) atoms. The quantitative estimate of drug-likeness (QED) is 0.254. The summed E-state index contributed by atoms with van der Waals surface area (Å²) in [6.07, 6.45) is -2.47. The van der Waals surface area contributed by atoms with E-state index in [0.717, 1.165) is 10.5 Å². The molecule has 1 aliphatic heterocycles. The minimum Gasteiger partial charge on any atom is -0.465 e. The fourth-order valence-electron chi connectivity index (χ4n) is 3.96. The highest BCUT2D eigenvalue weighted by Gasteiger charge is 2.46. The number of hydrogen-bond donors (Lipinski definition) is 1. The van der Waals surface area contributed by atoms with Gasteiger partial charge in [-0.1, -0.05) is 50.1 Å². The number of carbonyl (C=O) groups is 3. The van der Waals surface area contributed by atoms with Crippen molar-refractivity contribution in [2.24, 2.45) is 11.3 Å². The number of benzene rings is 1. The van der Waals surface area contributed by atoms with Gasteiger partial charge < -0.3 is 19.7 Å². The number of hydrogen-bond acceptors (Lipinski definition) is 5. The second kappa shape index (κ2) is 13.1. The minimum atomic E-state index is -5.09. The summed E-state index contributed by atoms with van der Waals surface area (Å²) >= 11 is 7.01. The molecular weight excluding hydrogens is 649 g/mol. The molecule has 2 rings (SSSR count). The van der Waals surface area contributed by atoms with Crippen LogP contribution in [0.2, 0.25) is 0 Å². The average Bonchev–Trinajstić information content (AvgIpc) is 2.78. The summed E-state index contributed by atoms with van der Waals surface area (Å²) in [6, 6.07) is 4.43. The van der Waals surface area contributed by atoms with E-state index >= 15 is 0 Å². The number of alkyl halides is 3. The minimum absolute atomic E-state index is 0.0428. The van der Waals surface area contributed by atoms with E-state index in [2.05, 4.69) is 37.2 Å². The number of nitrogens with zero attached hydrogens (tertiary/aromatic N) is 1. The largest absolute Gasteiger partial charge is 0.471 e. The average molecular weight is 684 g/mol. The third kappa shape index (κ3) is 10.1. The molecule has 1 heterocycles. The first-order valence-corrected chi connectivity index (χ1v) is 14.0. The highest BCUT2D eigenvalue weighted by molar-refractivity contribution is 9.11. The van der Waals surface area contributed by atoms with Gasteiger partial charge in [-0.05, 0) is 65.7 Å². The van der Waals surface area contributed by atoms with Crippen molar-refractivity contribution in [3.8, 4) is 0 Å². The third-order valence-electron chi connectivity index (χ3n) is 5.81. The molecule has 1 aromatic rings. The van der Waals surface area contributed by atoms with Crippen molar-refractivity contribution >= 4 is 49.8 Å². The van der Waals surface area contributed by atoms with Crippen molar-refractivity contribution in [3.63, 3.8) is 0 Å². The fourth-order valence-corrected chi connectivity index (χ4v) is 5.61. The number of alkyl carbamates (subject to hydrolysis) is 1. The summed E-state index contributed by atoms with van der Waals surface area (Å²) in [5.74, 6) is -3.57. The van der Waals surface area contributed by atoms with Crippen molar-refractivity contribution in [1.82, 2.24) is 10.2 Å². The molecule has 0 bridgehead atoms. The standard InChI is InChI=1S/C27H35Br2F3N2O5/c1-25(2,3)23(36)38-15-16-10-11-18(34(14-16)22(35)27(30,31)32)12-17(13-33-24(37)39-26(4,5)6)21-19(28)8-7-9-20(21)29/h7-11,16-18H,12-15H2,1-6H3,(H,33,37)/t16-,17?,18+/m1/s1. The van der Waals surface area contributed by atoms with Gasteiger partial charge in [-0.25, -0.2) is 4.79 Å². The second-order valence-electron chi connectivity index (χ2n) is 11.5. The molecule has 0 fully saturated rings. The van der Waals surface area contributed by atoms with Gasteiger partial charge in [0.05, 0.1) is 18.1 Å². The molecular formula is C27H35Br2F3N2O5. The van der Waals surface area contributed by atoms with Crippen molar-refractivity contribution in [3.05, 3.63) is 44.9 Å². The third-order valence-corrected chi connectivity index (χ3v) is 7.19. The maximum absolute atomic E-state index is 13.6. The topological polar surface area (TPSA) is 84.9 Å². The first-order chi connectivity index (χ1) is 17.8. The molecule has 0 radical (unpaired) electrons. The van der Waals surface area contributed by atoms with Gasteiger partial charge in [0.1, 0.15) is 5.60 Å². The number of halogens is 5. The van der Waals surface area contributed by atoms with Gasteiger partial charge in [0.2, 0.25) is 0 Å². The summed E-state index contributed by atoms with van der Waals surface area (Å²) in [5.41, 5.74) is -0.781. The number of amides is 2. The van der Waals surface area contributed by atoms with Gasteiger partial charge in [0, 0.05) is 33.9 Å². The van der Waals surface area contributed by atoms with Crippen LogP contribution in [0.5, 0.6) is 0 Å². The second-order valence-corrected chi connectivity index (χ2v) is 13.2. The van der Waals surface area contributed by atoms with E-state index in [0.29, 0.717) is 8.95 Å². The Morgan fingerprint density at radius 1 is 1.05 bits per heavy atom. The molecule has 0 aromatic heterocycles. The highest BCUT2D eigenvalue weighted by atomic mass is 79.9. The molecule has 218 valence electrons. The molecule has 1 aromatic carbocycles. The lowest BCUT2D eigenvalue weighted by Gasteiger charge is -2.38. The van der Waals surface area contributed by atoms with Crippen molar-refractivity contribution in [2.45, 2.75) is 71.7 Å². The van der Waals surface area contributed by atoms with E-state index < -0.39 is 53.0 Å². The monoisotopic (exact) mass is 682 g/mol. The molecule has 1 unspecified atom stereocenters. The van der Waals surface area contributed by atoms with Gasteiger partial charge in [0.25, 0.3) is 0 Å². The van der Waals surface area contributed by atoms with E-state index in [1.54, 1.807) is 65.8 Å². The van der Waals surface area contributed by atoms with Gasteiger partial charge in [-0.15, -0.1) is 0 Å². The van der Waals surface area contributed by atoms with Gasteiger partial charge >= 0.3 is 24.1 Å². The normalized spacial score (nSPS) is 18.9. The van der Waals surface area contributed by atoms with Crippen LogP contribution in [0.1, 0.15) is 59.4 Å². The summed E-state index contributed by atoms with van der Waals surface area (Å²) in [7, 11) is 0. The van der Waals surface area contributed by atoms with E-state index in [1.807, 2.05) is 0 Å². The Morgan fingerprint density at radius 3 is 2.15 bits per heavy atom. The number of carbonyl (C=O) groups excluding carboxylic acids is 3. The van der Waals surface area contributed by atoms with Crippen molar-refractivity contribution < 1.29 is 37.0 Å². The molecule has 1 aliphatic rings. The van der Waals surface area contributed by atoms with E-state index in [9.17, 15) is 27.6 Å². The smallest absolute Gasteiger partial charge is 0.465 e. The molecule has 2 amide bonds. The van der Waals surface area contributed by atoms with Crippen molar-refractivity contribution in [2.75, 3.05) is 19.7 Å². The Bertz CT molecular complexity index is 1060. The van der Waals surface area contributed by atoms with Gasteiger partial charge in [0.15, 0.2) is 0 Å². The first kappa shape index (κ1) is 33.1. The summed E-state index contributed by atoms with van der Waals surface area (Å²) < 4.78 is 52.8. The Hall–Kier alpha value is -2.08. The maximum atomic E-state index is 13.6. The van der Waals surface area contributed by atoms with Gasteiger partial charge in [-0.3, -0.25) is 9.59 Å². The van der Waals surface area contributed by atoms with Crippen LogP contribution in [0.15, 0.2) is 39.3 Å². The van der Waals surface area contributed by atoms with Crippen LogP contribution in [0.25, 0.3) is 0 Å². The Morgan fingerprint density at radius 2 is 1.64 bits per heavy atom. The first-order valence-electron chi connectivity index (χ1n) is 12.4. The summed E-state index contributed by atoms with van der Waals surface area (Å²) in [6.45, 7) is 9.79. The highest BCUT2D eigenvalue weighted by Crippen LogP contribution is 2.37. The Labute approximate surface area is 244 Å². The Balaban J connectivity index is 2.35. The molecule has 0 aliphatic carbocycles. The predicted molar refractivity (Wildman–Crippen MR) is 148 cm³/mol. The van der Waals surface area contributed by atoms with E-state index in [-0.39, 0.29) is 26.1 Å².